The Kier molecular flexibility index (Phi) is 10.6. The number of nitrogens with zero attached hydrogens (tertiary/aromatic N) is 2. The van der Waals surface area contributed by atoms with Crippen molar-refractivity contribution >= 4 is 27.5 Å². The molecule has 0 bridgehead atoms. The fourth-order valence-electron chi connectivity index (χ4n) is 6.12. The van der Waals surface area contributed by atoms with Crippen molar-refractivity contribution in [3.8, 4) is 0 Å². The van der Waals surface area contributed by atoms with E-state index in [1.54, 1.807) is 41.3 Å². The summed E-state index contributed by atoms with van der Waals surface area (Å²) in [5.41, 5.74) is 4.88. The quantitative estimate of drug-likeness (QED) is 0.192. The minimum atomic E-state index is -4.14. The number of carbonyl (C=O) groups excluding carboxylic acids is 2. The maximum Gasteiger partial charge on any atom is 0.264 e. The summed E-state index contributed by atoms with van der Waals surface area (Å²) in [5, 5.41) is 3.22. The Bertz CT molecular complexity index is 1750. The van der Waals surface area contributed by atoms with E-state index in [1.165, 1.54) is 4.31 Å². The van der Waals surface area contributed by atoms with Gasteiger partial charge in [-0.25, -0.2) is 8.42 Å². The van der Waals surface area contributed by atoms with Gasteiger partial charge in [-0.15, -0.1) is 0 Å². The third-order valence-electron chi connectivity index (χ3n) is 8.68. The van der Waals surface area contributed by atoms with E-state index in [0.29, 0.717) is 12.1 Å². The molecule has 46 heavy (non-hydrogen) atoms. The number of aryl methyl sites for hydroxylation is 3. The molecule has 4 aromatic rings. The number of para-hydroxylation sites is 1. The highest BCUT2D eigenvalue weighted by Gasteiger charge is 2.36. The Morgan fingerprint density at radius 3 is 2.11 bits per heavy atom. The summed E-state index contributed by atoms with van der Waals surface area (Å²) in [7, 11) is -4.14. The molecule has 1 aliphatic rings. The van der Waals surface area contributed by atoms with E-state index < -0.39 is 28.5 Å². The Balaban J connectivity index is 1.57. The summed E-state index contributed by atoms with van der Waals surface area (Å²) in [6.45, 7) is 5.40. The predicted octanol–water partition coefficient (Wildman–Crippen LogP) is 6.51. The number of anilines is 1. The number of nitrogens with one attached hydrogen (secondary N) is 1. The predicted molar refractivity (Wildman–Crippen MR) is 183 cm³/mol. The van der Waals surface area contributed by atoms with Crippen molar-refractivity contribution in [2.75, 3.05) is 10.8 Å². The molecule has 0 spiro atoms. The van der Waals surface area contributed by atoms with Gasteiger partial charge < -0.3 is 10.2 Å². The number of sulfonamides is 1. The van der Waals surface area contributed by atoms with Crippen molar-refractivity contribution in [3.05, 3.63) is 131 Å². The summed E-state index contributed by atoms with van der Waals surface area (Å²) < 4.78 is 29.7. The first-order chi connectivity index (χ1) is 22.1. The van der Waals surface area contributed by atoms with Crippen molar-refractivity contribution in [3.63, 3.8) is 0 Å². The molecule has 4 aromatic carbocycles. The molecule has 0 saturated heterocycles. The van der Waals surface area contributed by atoms with Crippen LogP contribution in [0.3, 0.4) is 0 Å². The minimum Gasteiger partial charge on any atom is -0.352 e. The Morgan fingerprint density at radius 1 is 0.783 bits per heavy atom. The standard InChI is InChI=1S/C38H43N3O4S/c1-28-20-22-34(23-21-28)46(44,45)41(35-19-10-7-13-30(35)3)27-37(42)40(26-32-16-11-12-29(2)24-32)36(25-31-14-5-4-6-15-31)38(43)39-33-17-8-9-18-33/h4-7,10-16,19-24,33,36H,8-9,17-18,25-27H2,1-3H3,(H,39,43)/t36-/m1/s1. The van der Waals surface area contributed by atoms with E-state index in [0.717, 1.165) is 53.5 Å². The van der Waals surface area contributed by atoms with Gasteiger partial charge in [-0.3, -0.25) is 13.9 Å². The number of amides is 2. The molecular weight excluding hydrogens is 595 g/mol. The van der Waals surface area contributed by atoms with E-state index in [4.69, 9.17) is 0 Å². The van der Waals surface area contributed by atoms with E-state index in [1.807, 2.05) is 87.5 Å². The van der Waals surface area contributed by atoms with Crippen LogP contribution in [-0.4, -0.2) is 43.8 Å². The lowest BCUT2D eigenvalue weighted by Gasteiger charge is -2.34. The Morgan fingerprint density at radius 2 is 1.43 bits per heavy atom. The number of hydrogen-bond donors (Lipinski definition) is 1. The number of rotatable bonds is 12. The number of carbonyl (C=O) groups is 2. The van der Waals surface area contributed by atoms with Gasteiger partial charge in [0.25, 0.3) is 10.0 Å². The van der Waals surface area contributed by atoms with Gasteiger partial charge in [-0.2, -0.15) is 0 Å². The zero-order valence-corrected chi connectivity index (χ0v) is 27.7. The molecule has 5 rings (SSSR count). The molecule has 0 aromatic heterocycles. The molecule has 0 heterocycles. The summed E-state index contributed by atoms with van der Waals surface area (Å²) in [6, 6.07) is 30.5. The molecule has 1 atom stereocenters. The van der Waals surface area contributed by atoms with Crippen LogP contribution in [0.5, 0.6) is 0 Å². The van der Waals surface area contributed by atoms with Crippen molar-refractivity contribution in [2.45, 2.75) is 76.4 Å². The van der Waals surface area contributed by atoms with Gasteiger partial charge >= 0.3 is 0 Å². The molecule has 240 valence electrons. The highest BCUT2D eigenvalue weighted by molar-refractivity contribution is 7.92. The summed E-state index contributed by atoms with van der Waals surface area (Å²) in [6.07, 6.45) is 4.23. The van der Waals surface area contributed by atoms with Crippen molar-refractivity contribution in [1.82, 2.24) is 10.2 Å². The van der Waals surface area contributed by atoms with Gasteiger partial charge in [0.1, 0.15) is 12.6 Å². The fraction of sp³-hybridized carbons (Fsp3) is 0.316. The molecule has 0 unspecified atom stereocenters. The van der Waals surface area contributed by atoms with Crippen LogP contribution >= 0.6 is 0 Å². The highest BCUT2D eigenvalue weighted by Crippen LogP contribution is 2.28. The molecule has 1 aliphatic carbocycles. The normalized spacial score (nSPS) is 14.1. The van der Waals surface area contributed by atoms with Gasteiger partial charge in [0, 0.05) is 19.0 Å². The van der Waals surface area contributed by atoms with Gasteiger partial charge in [-0.05, 0) is 68.5 Å². The van der Waals surface area contributed by atoms with E-state index in [2.05, 4.69) is 5.32 Å². The molecule has 0 radical (unpaired) electrons. The number of hydrogen-bond acceptors (Lipinski definition) is 4. The Labute approximate surface area is 273 Å². The molecule has 0 aliphatic heterocycles. The molecule has 2 amide bonds. The first-order valence-corrected chi connectivity index (χ1v) is 17.4. The molecular formula is C38H43N3O4S. The second-order valence-electron chi connectivity index (χ2n) is 12.3. The zero-order chi connectivity index (χ0) is 32.7. The van der Waals surface area contributed by atoms with Crippen molar-refractivity contribution in [2.24, 2.45) is 0 Å². The monoisotopic (exact) mass is 637 g/mol. The van der Waals surface area contributed by atoms with Crippen LogP contribution in [0.15, 0.2) is 108 Å². The Hall–Kier alpha value is -4.43. The maximum atomic E-state index is 14.7. The maximum absolute atomic E-state index is 14.7. The van der Waals surface area contributed by atoms with Gasteiger partial charge in [0.05, 0.1) is 10.6 Å². The average molecular weight is 638 g/mol. The molecule has 7 nitrogen and oxygen atoms in total. The summed E-state index contributed by atoms with van der Waals surface area (Å²) in [5.74, 6) is -0.677. The highest BCUT2D eigenvalue weighted by atomic mass is 32.2. The lowest BCUT2D eigenvalue weighted by Crippen LogP contribution is -2.54. The van der Waals surface area contributed by atoms with Crippen LogP contribution in [0.4, 0.5) is 5.69 Å². The number of benzene rings is 4. The second-order valence-corrected chi connectivity index (χ2v) is 14.2. The molecule has 1 fully saturated rings. The fourth-order valence-corrected chi connectivity index (χ4v) is 7.60. The van der Waals surface area contributed by atoms with Gasteiger partial charge in [0.2, 0.25) is 11.8 Å². The third kappa shape index (κ3) is 8.04. The van der Waals surface area contributed by atoms with Crippen LogP contribution in [0.25, 0.3) is 0 Å². The lowest BCUT2D eigenvalue weighted by molar-refractivity contribution is -0.140. The summed E-state index contributed by atoms with van der Waals surface area (Å²) >= 11 is 0. The van der Waals surface area contributed by atoms with Crippen LogP contribution < -0.4 is 9.62 Å². The summed E-state index contributed by atoms with van der Waals surface area (Å²) in [4.78, 5) is 30.5. The smallest absolute Gasteiger partial charge is 0.264 e. The first-order valence-electron chi connectivity index (χ1n) is 16.0. The second kappa shape index (κ2) is 14.8. The van der Waals surface area contributed by atoms with E-state index >= 15 is 0 Å². The minimum absolute atomic E-state index is 0.0621. The molecule has 1 N–H and O–H groups in total. The largest absolute Gasteiger partial charge is 0.352 e. The van der Waals surface area contributed by atoms with Gasteiger partial charge in [-0.1, -0.05) is 109 Å². The van der Waals surface area contributed by atoms with Crippen molar-refractivity contribution in [1.29, 1.82) is 0 Å². The van der Waals surface area contributed by atoms with Crippen LogP contribution in [0.1, 0.15) is 53.5 Å². The van der Waals surface area contributed by atoms with Gasteiger partial charge in [0.15, 0.2) is 0 Å². The molecule has 8 heteroatoms. The average Bonchev–Trinajstić information content (AvgIpc) is 3.55. The topological polar surface area (TPSA) is 86.8 Å². The van der Waals surface area contributed by atoms with Crippen molar-refractivity contribution < 1.29 is 18.0 Å². The zero-order valence-electron chi connectivity index (χ0n) is 26.9. The third-order valence-corrected chi connectivity index (χ3v) is 10.5. The van der Waals surface area contributed by atoms with Crippen LogP contribution in [0.2, 0.25) is 0 Å². The van der Waals surface area contributed by atoms with Crippen LogP contribution in [-0.2, 0) is 32.6 Å². The lowest BCUT2D eigenvalue weighted by atomic mass is 10.0. The van der Waals surface area contributed by atoms with E-state index in [9.17, 15) is 18.0 Å². The first kappa shape index (κ1) is 32.9. The van der Waals surface area contributed by atoms with Crippen LogP contribution in [0, 0.1) is 20.8 Å². The molecule has 1 saturated carbocycles. The van der Waals surface area contributed by atoms with E-state index in [-0.39, 0.29) is 23.4 Å². The SMILES string of the molecule is Cc1ccc(S(=O)(=O)N(CC(=O)N(Cc2cccc(C)c2)[C@H](Cc2ccccc2)C(=O)NC2CCCC2)c2ccccc2C)cc1.